The minimum absolute atomic E-state index is 0.0508. The number of halogens is 3. The van der Waals surface area contributed by atoms with Crippen LogP contribution >= 0.6 is 11.6 Å². The van der Waals surface area contributed by atoms with Gasteiger partial charge >= 0.3 is 5.97 Å². The molecule has 1 aromatic carbocycles. The van der Waals surface area contributed by atoms with Gasteiger partial charge in [-0.15, -0.1) is 0 Å². The Morgan fingerprint density at radius 3 is 2.59 bits per heavy atom. The fraction of sp³-hybridized carbons (Fsp3) is 0.381. The van der Waals surface area contributed by atoms with Gasteiger partial charge in [-0.25, -0.2) is 22.0 Å². The number of ether oxygens (including phenoxy) is 2. The van der Waals surface area contributed by atoms with Crippen LogP contribution in [0.4, 0.5) is 8.78 Å². The molecule has 1 aliphatic carbocycles. The molecule has 3 rings (SSSR count). The summed E-state index contributed by atoms with van der Waals surface area (Å²) >= 11 is 6.07. The average Bonchev–Trinajstić information content (AvgIpc) is 2.97. The fourth-order valence-corrected chi connectivity index (χ4v) is 5.29. The van der Waals surface area contributed by atoms with Crippen molar-refractivity contribution in [3.8, 4) is 5.75 Å². The third kappa shape index (κ3) is 5.55. The molecule has 1 heterocycles. The second-order valence-electron chi connectivity index (χ2n) is 7.25. The molecule has 11 heteroatoms. The lowest BCUT2D eigenvalue weighted by molar-refractivity contribution is -0.139. The van der Waals surface area contributed by atoms with Gasteiger partial charge in [0.1, 0.15) is 5.75 Å². The molecule has 7 nitrogen and oxygen atoms in total. The van der Waals surface area contributed by atoms with Crippen LogP contribution in [-0.4, -0.2) is 62.6 Å². The van der Waals surface area contributed by atoms with Gasteiger partial charge in [-0.05, 0) is 36.3 Å². The summed E-state index contributed by atoms with van der Waals surface area (Å²) in [7, 11) is -4.19. The first kappa shape index (κ1) is 24.4. The third-order valence-corrected chi connectivity index (χ3v) is 7.09. The van der Waals surface area contributed by atoms with Gasteiger partial charge in [0.25, 0.3) is 5.92 Å². The molecule has 0 radical (unpaired) electrons. The molecular weight excluding hydrogens is 468 g/mol. The van der Waals surface area contributed by atoms with Gasteiger partial charge in [0.05, 0.1) is 18.1 Å². The molecule has 0 saturated carbocycles. The van der Waals surface area contributed by atoms with E-state index in [9.17, 15) is 22.0 Å². The van der Waals surface area contributed by atoms with Crippen LogP contribution < -0.4 is 4.74 Å². The maximum atomic E-state index is 14.7. The molecule has 0 bridgehead atoms. The summed E-state index contributed by atoms with van der Waals surface area (Å²) in [5.74, 6) is -4.56. The van der Waals surface area contributed by atoms with E-state index >= 15 is 0 Å². The van der Waals surface area contributed by atoms with Crippen molar-refractivity contribution in [2.75, 3.05) is 32.9 Å². The van der Waals surface area contributed by atoms with Gasteiger partial charge in [-0.3, -0.25) is 0 Å². The van der Waals surface area contributed by atoms with Crippen molar-refractivity contribution < 1.29 is 36.6 Å². The predicted molar refractivity (Wildman–Crippen MR) is 115 cm³/mol. The second-order valence-corrected chi connectivity index (χ2v) is 9.59. The van der Waals surface area contributed by atoms with E-state index in [-0.39, 0.29) is 54.6 Å². The first-order chi connectivity index (χ1) is 15.0. The molecule has 1 fully saturated rings. The average molecular weight is 490 g/mol. The number of carboxylic acids is 1. The monoisotopic (exact) mass is 489 g/mol. The highest BCUT2D eigenvalue weighted by molar-refractivity contribution is 7.93. The number of sulfonamides is 1. The number of hydrogen-bond donors (Lipinski definition) is 1. The predicted octanol–water partition coefficient (Wildman–Crippen LogP) is 3.72. The molecular formula is C21H22ClF2NO6S. The number of morpholine rings is 1. The van der Waals surface area contributed by atoms with Gasteiger partial charge in [0, 0.05) is 36.2 Å². The van der Waals surface area contributed by atoms with Crippen LogP contribution in [0.2, 0.25) is 5.02 Å². The zero-order valence-electron chi connectivity index (χ0n) is 17.2. The number of hydrogen-bond acceptors (Lipinski definition) is 5. The zero-order valence-corrected chi connectivity index (χ0v) is 18.8. The summed E-state index contributed by atoms with van der Waals surface area (Å²) in [4.78, 5) is 10.4. The van der Waals surface area contributed by atoms with Crippen molar-refractivity contribution in [2.24, 2.45) is 0 Å². The van der Waals surface area contributed by atoms with Gasteiger partial charge < -0.3 is 14.6 Å². The Morgan fingerprint density at radius 2 is 1.97 bits per heavy atom. The fourth-order valence-electron chi connectivity index (χ4n) is 3.38. The van der Waals surface area contributed by atoms with Gasteiger partial charge in [0.2, 0.25) is 10.0 Å². The Balaban J connectivity index is 2.07. The molecule has 0 amide bonds. The quantitative estimate of drug-likeness (QED) is 0.627. The van der Waals surface area contributed by atoms with Crippen LogP contribution in [0, 0.1) is 0 Å². The summed E-state index contributed by atoms with van der Waals surface area (Å²) < 4.78 is 67.3. The number of alkyl halides is 2. The molecule has 1 saturated heterocycles. The molecule has 174 valence electrons. The molecule has 1 N–H and O–H groups in total. The van der Waals surface area contributed by atoms with Crippen LogP contribution in [0.25, 0.3) is 5.57 Å². The number of nitrogens with zero attached hydrogens (tertiary/aromatic N) is 1. The highest BCUT2D eigenvalue weighted by Crippen LogP contribution is 2.40. The maximum Gasteiger partial charge on any atom is 0.341 e. The number of allylic oxidation sites excluding steroid dienone is 5. The van der Waals surface area contributed by atoms with Crippen LogP contribution in [0.3, 0.4) is 0 Å². The van der Waals surface area contributed by atoms with E-state index in [1.54, 1.807) is 6.08 Å². The van der Waals surface area contributed by atoms with E-state index in [0.717, 1.165) is 10.4 Å². The number of carbonyl (C=O) groups is 1. The molecule has 1 aromatic rings. The Hall–Kier alpha value is -2.27. The summed E-state index contributed by atoms with van der Waals surface area (Å²) in [5.41, 5.74) is -0.149. The minimum atomic E-state index is -4.19. The molecule has 2 aliphatic rings. The van der Waals surface area contributed by atoms with E-state index in [2.05, 4.69) is 0 Å². The van der Waals surface area contributed by atoms with Crippen LogP contribution in [-0.2, 0) is 19.6 Å². The lowest BCUT2D eigenvalue weighted by Crippen LogP contribution is -2.42. The van der Waals surface area contributed by atoms with Crippen molar-refractivity contribution in [2.45, 2.75) is 19.3 Å². The van der Waals surface area contributed by atoms with Crippen LogP contribution in [0.15, 0.2) is 46.9 Å². The summed E-state index contributed by atoms with van der Waals surface area (Å²) in [5, 5.41) is 9.19. The first-order valence-corrected chi connectivity index (χ1v) is 11.5. The lowest BCUT2D eigenvalue weighted by atomic mass is 10.00. The Labute approximate surface area is 189 Å². The highest BCUT2D eigenvalue weighted by atomic mass is 35.5. The van der Waals surface area contributed by atoms with Crippen LogP contribution in [0.1, 0.15) is 18.9 Å². The SMILES string of the molecule is CC(F)(F)C1=CC(c2cc(Cl)ccc2OCC(=O)O)=CCC=C1S(=O)(=O)N1CCOCC1. The van der Waals surface area contributed by atoms with Crippen molar-refractivity contribution in [3.05, 3.63) is 57.5 Å². The van der Waals surface area contributed by atoms with E-state index in [4.69, 9.17) is 26.2 Å². The molecule has 0 spiro atoms. The number of rotatable bonds is 7. The lowest BCUT2D eigenvalue weighted by Gasteiger charge is -2.29. The Kier molecular flexibility index (Phi) is 7.39. The summed E-state index contributed by atoms with van der Waals surface area (Å²) in [6.45, 7) is 0.504. The van der Waals surface area contributed by atoms with Crippen LogP contribution in [0.5, 0.6) is 5.75 Å². The van der Waals surface area contributed by atoms with Crippen molar-refractivity contribution >= 4 is 33.2 Å². The van der Waals surface area contributed by atoms with E-state index in [0.29, 0.717) is 6.92 Å². The first-order valence-electron chi connectivity index (χ1n) is 9.73. The minimum Gasteiger partial charge on any atom is -0.481 e. The van der Waals surface area contributed by atoms with Crippen molar-refractivity contribution in [1.82, 2.24) is 4.31 Å². The Morgan fingerprint density at radius 1 is 1.28 bits per heavy atom. The van der Waals surface area contributed by atoms with E-state index in [1.165, 1.54) is 24.3 Å². The molecule has 0 unspecified atom stereocenters. The molecule has 0 aromatic heterocycles. The number of aliphatic carboxylic acids is 1. The molecule has 0 atom stereocenters. The number of carboxylic acid groups (broad SMARTS) is 1. The largest absolute Gasteiger partial charge is 0.481 e. The maximum absolute atomic E-state index is 14.7. The third-order valence-electron chi connectivity index (χ3n) is 4.87. The molecule has 32 heavy (non-hydrogen) atoms. The van der Waals surface area contributed by atoms with Crippen molar-refractivity contribution in [3.63, 3.8) is 0 Å². The van der Waals surface area contributed by atoms with Crippen molar-refractivity contribution in [1.29, 1.82) is 0 Å². The highest BCUT2D eigenvalue weighted by Gasteiger charge is 2.39. The topological polar surface area (TPSA) is 93.1 Å². The Bertz CT molecular complexity index is 1090. The standard InChI is InChI=1S/C21H22ClF2NO6S/c1-21(23,24)17-11-14(16-12-15(22)5-6-18(16)31-13-20(26)27)3-2-4-19(17)32(28,29)25-7-9-30-10-8-25/h3-6,11-12H,2,7-10,13H2,1H3,(H,26,27). The van der Waals surface area contributed by atoms with E-state index in [1.807, 2.05) is 0 Å². The number of benzene rings is 1. The second kappa shape index (κ2) is 9.70. The molecule has 1 aliphatic heterocycles. The van der Waals surface area contributed by atoms with Gasteiger partial charge in [0.15, 0.2) is 6.61 Å². The summed E-state index contributed by atoms with van der Waals surface area (Å²) in [6.07, 6.45) is 3.96. The van der Waals surface area contributed by atoms with Gasteiger partial charge in [-0.2, -0.15) is 4.31 Å². The summed E-state index contributed by atoms with van der Waals surface area (Å²) in [6, 6.07) is 4.36. The smallest absolute Gasteiger partial charge is 0.341 e. The van der Waals surface area contributed by atoms with E-state index < -0.39 is 39.0 Å². The normalized spacial score (nSPS) is 18.3. The zero-order chi connectivity index (χ0) is 23.5. The van der Waals surface area contributed by atoms with Gasteiger partial charge in [-0.1, -0.05) is 23.8 Å².